The molecule has 4 atom stereocenters. The van der Waals surface area contributed by atoms with Crippen molar-refractivity contribution in [3.63, 3.8) is 0 Å². The highest BCUT2D eigenvalue weighted by atomic mass is 35.5. The van der Waals surface area contributed by atoms with Gasteiger partial charge in [0.05, 0.1) is 17.1 Å². The number of nitrogens with one attached hydrogen (secondary N) is 2. The summed E-state index contributed by atoms with van der Waals surface area (Å²) in [5, 5.41) is 7.08. The van der Waals surface area contributed by atoms with Crippen molar-refractivity contribution < 1.29 is 14.0 Å². The summed E-state index contributed by atoms with van der Waals surface area (Å²) < 4.78 is 13.8. The van der Waals surface area contributed by atoms with Crippen molar-refractivity contribution in [2.75, 3.05) is 19.6 Å². The summed E-state index contributed by atoms with van der Waals surface area (Å²) in [7, 11) is 0. The third kappa shape index (κ3) is 4.01. The van der Waals surface area contributed by atoms with E-state index in [4.69, 9.17) is 0 Å². The lowest BCUT2D eigenvalue weighted by molar-refractivity contribution is -0.148. The van der Waals surface area contributed by atoms with E-state index in [0.717, 1.165) is 32.4 Å². The molecular weight excluding hydrogens is 419 g/mol. The number of halogens is 2. The Labute approximate surface area is 187 Å². The normalized spacial score (nSPS) is 27.4. The predicted molar refractivity (Wildman–Crippen MR) is 119 cm³/mol. The quantitative estimate of drug-likeness (QED) is 0.760. The van der Waals surface area contributed by atoms with Gasteiger partial charge in [-0.2, -0.15) is 0 Å². The number of aryl methyl sites for hydroxylation is 1. The van der Waals surface area contributed by atoms with E-state index in [1.54, 1.807) is 12.1 Å². The SMILES string of the molecule is Cc1cc(C(=O)NC[C@H]2[C@@H]3CNC[C@@H](C3)[C@@H]3CCCC(=O)N32)c2cc(F)ccc2n1.Cl. The molecule has 2 amide bonds. The molecule has 3 saturated heterocycles. The van der Waals surface area contributed by atoms with Crippen LogP contribution in [0.3, 0.4) is 0 Å². The van der Waals surface area contributed by atoms with Crippen molar-refractivity contribution in [1.82, 2.24) is 20.5 Å². The second kappa shape index (κ2) is 8.71. The first kappa shape index (κ1) is 22.0. The zero-order chi connectivity index (χ0) is 20.8. The van der Waals surface area contributed by atoms with Gasteiger partial charge in [-0.15, -0.1) is 12.4 Å². The van der Waals surface area contributed by atoms with Crippen LogP contribution < -0.4 is 10.6 Å². The summed E-state index contributed by atoms with van der Waals surface area (Å²) in [5.74, 6) is 0.429. The maximum Gasteiger partial charge on any atom is 0.252 e. The monoisotopic (exact) mass is 446 g/mol. The Morgan fingerprint density at radius 3 is 2.94 bits per heavy atom. The first-order valence-corrected chi connectivity index (χ1v) is 10.9. The van der Waals surface area contributed by atoms with E-state index < -0.39 is 5.82 Å². The summed E-state index contributed by atoms with van der Waals surface area (Å²) in [6.45, 7) is 4.08. The zero-order valence-corrected chi connectivity index (χ0v) is 18.4. The van der Waals surface area contributed by atoms with Crippen LogP contribution in [0.4, 0.5) is 4.39 Å². The van der Waals surface area contributed by atoms with E-state index in [2.05, 4.69) is 20.5 Å². The Morgan fingerprint density at radius 2 is 2.10 bits per heavy atom. The Bertz CT molecular complexity index is 1020. The summed E-state index contributed by atoms with van der Waals surface area (Å²) in [5.41, 5.74) is 1.74. The van der Waals surface area contributed by atoms with Crippen LogP contribution in [0.1, 0.15) is 41.7 Å². The van der Waals surface area contributed by atoms with Gasteiger partial charge in [0.2, 0.25) is 5.91 Å². The molecular formula is C23H28ClFN4O2. The Morgan fingerprint density at radius 1 is 1.29 bits per heavy atom. The van der Waals surface area contributed by atoms with Gasteiger partial charge in [-0.1, -0.05) is 0 Å². The molecule has 5 rings (SSSR count). The fourth-order valence-electron chi connectivity index (χ4n) is 5.71. The number of benzene rings is 1. The van der Waals surface area contributed by atoms with Crippen molar-refractivity contribution in [1.29, 1.82) is 0 Å². The number of hydrogen-bond donors (Lipinski definition) is 2. The number of piperidine rings is 3. The topological polar surface area (TPSA) is 74.3 Å². The van der Waals surface area contributed by atoms with Gasteiger partial charge in [0, 0.05) is 36.6 Å². The lowest BCUT2D eigenvalue weighted by Crippen LogP contribution is -2.66. The fourth-order valence-corrected chi connectivity index (χ4v) is 5.71. The molecule has 0 aliphatic carbocycles. The van der Waals surface area contributed by atoms with E-state index >= 15 is 0 Å². The average Bonchev–Trinajstić information content (AvgIpc) is 2.74. The van der Waals surface area contributed by atoms with Gasteiger partial charge in [-0.05, 0) is 68.8 Å². The molecule has 8 heteroatoms. The molecule has 1 aromatic heterocycles. The van der Waals surface area contributed by atoms with E-state index in [1.807, 2.05) is 6.92 Å². The second-order valence-electron chi connectivity index (χ2n) is 8.92. The molecule has 3 aliphatic rings. The van der Waals surface area contributed by atoms with Gasteiger partial charge < -0.3 is 15.5 Å². The van der Waals surface area contributed by atoms with Crippen LogP contribution in [0.2, 0.25) is 0 Å². The molecule has 0 radical (unpaired) electrons. The standard InChI is InChI=1S/C23H27FN4O2.ClH/c1-13-7-18(17-9-16(24)5-6-19(17)27-13)23(30)26-12-21-15-8-14(10-25-11-15)20-3-2-4-22(29)28(20)21;/h5-7,9,14-15,20-21,25H,2-4,8,10-12H2,1H3,(H,26,30);1H/t14-,15+,20+,21+;/m1./s1. The smallest absolute Gasteiger partial charge is 0.252 e. The number of carbonyl (C=O) groups is 2. The highest BCUT2D eigenvalue weighted by Crippen LogP contribution is 2.39. The fraction of sp³-hybridized carbons (Fsp3) is 0.522. The number of rotatable bonds is 3. The molecule has 6 nitrogen and oxygen atoms in total. The third-order valence-electron chi connectivity index (χ3n) is 7.02. The number of nitrogens with zero attached hydrogens (tertiary/aromatic N) is 2. The molecule has 166 valence electrons. The molecule has 3 aliphatic heterocycles. The van der Waals surface area contributed by atoms with Gasteiger partial charge in [0.25, 0.3) is 5.91 Å². The van der Waals surface area contributed by atoms with Crippen LogP contribution in [-0.4, -0.2) is 53.4 Å². The van der Waals surface area contributed by atoms with Crippen LogP contribution in [0.5, 0.6) is 0 Å². The molecule has 0 spiro atoms. The average molecular weight is 447 g/mol. The first-order valence-electron chi connectivity index (χ1n) is 10.9. The molecule has 0 saturated carbocycles. The first-order chi connectivity index (χ1) is 14.5. The van der Waals surface area contributed by atoms with Crippen LogP contribution in [0.15, 0.2) is 24.3 Å². The lowest BCUT2D eigenvalue weighted by atomic mass is 9.72. The largest absolute Gasteiger partial charge is 0.350 e. The highest BCUT2D eigenvalue weighted by molar-refractivity contribution is 6.06. The predicted octanol–water partition coefficient (Wildman–Crippen LogP) is 2.82. The number of fused-ring (bicyclic) bond motifs is 5. The molecule has 2 N–H and O–H groups in total. The van der Waals surface area contributed by atoms with Crippen LogP contribution in [0, 0.1) is 24.6 Å². The Kier molecular flexibility index (Phi) is 6.17. The number of carbonyl (C=O) groups excluding carboxylic acids is 2. The van der Waals surface area contributed by atoms with Crippen LogP contribution in [-0.2, 0) is 4.79 Å². The van der Waals surface area contributed by atoms with Gasteiger partial charge in [0.15, 0.2) is 0 Å². The summed E-state index contributed by atoms with van der Waals surface area (Å²) in [4.78, 5) is 32.4. The minimum absolute atomic E-state index is 0. The van der Waals surface area contributed by atoms with Crippen molar-refractivity contribution in [2.24, 2.45) is 11.8 Å². The molecule has 1 aromatic carbocycles. The Hall–Kier alpha value is -2.25. The molecule has 31 heavy (non-hydrogen) atoms. The number of aromatic nitrogens is 1. The van der Waals surface area contributed by atoms with Crippen molar-refractivity contribution in [3.05, 3.63) is 41.3 Å². The molecule has 2 bridgehead atoms. The van der Waals surface area contributed by atoms with E-state index in [9.17, 15) is 14.0 Å². The number of hydrogen-bond acceptors (Lipinski definition) is 4. The van der Waals surface area contributed by atoms with Gasteiger partial charge in [-0.25, -0.2) is 4.39 Å². The van der Waals surface area contributed by atoms with Gasteiger partial charge in [-0.3, -0.25) is 14.6 Å². The Balaban J connectivity index is 0.00000231. The van der Waals surface area contributed by atoms with Crippen molar-refractivity contribution >= 4 is 35.1 Å². The lowest BCUT2D eigenvalue weighted by Gasteiger charge is -2.54. The summed E-state index contributed by atoms with van der Waals surface area (Å²) in [6, 6.07) is 6.28. The van der Waals surface area contributed by atoms with Crippen molar-refractivity contribution in [3.8, 4) is 0 Å². The molecule has 2 aromatic rings. The molecule has 0 unspecified atom stereocenters. The molecule has 4 heterocycles. The van der Waals surface area contributed by atoms with Crippen LogP contribution >= 0.6 is 12.4 Å². The third-order valence-corrected chi connectivity index (χ3v) is 7.02. The minimum Gasteiger partial charge on any atom is -0.350 e. The van der Waals surface area contributed by atoms with E-state index in [0.29, 0.717) is 47.0 Å². The maximum atomic E-state index is 13.8. The highest BCUT2D eigenvalue weighted by Gasteiger charge is 2.47. The summed E-state index contributed by atoms with van der Waals surface area (Å²) in [6.07, 6.45) is 3.70. The minimum atomic E-state index is -0.393. The van der Waals surface area contributed by atoms with E-state index in [-0.39, 0.29) is 36.3 Å². The number of amides is 2. The van der Waals surface area contributed by atoms with Gasteiger partial charge >= 0.3 is 0 Å². The maximum absolute atomic E-state index is 13.8. The second-order valence-corrected chi connectivity index (χ2v) is 8.92. The van der Waals surface area contributed by atoms with Crippen molar-refractivity contribution in [2.45, 2.75) is 44.7 Å². The number of pyridine rings is 1. The molecule has 3 fully saturated rings. The van der Waals surface area contributed by atoms with Crippen LogP contribution in [0.25, 0.3) is 10.9 Å². The van der Waals surface area contributed by atoms with Gasteiger partial charge in [0.1, 0.15) is 5.82 Å². The summed E-state index contributed by atoms with van der Waals surface area (Å²) >= 11 is 0. The zero-order valence-electron chi connectivity index (χ0n) is 17.6. The van der Waals surface area contributed by atoms with E-state index in [1.165, 1.54) is 12.1 Å².